The van der Waals surface area contributed by atoms with Crippen molar-refractivity contribution in [3.8, 4) is 5.75 Å². The highest BCUT2D eigenvalue weighted by molar-refractivity contribution is 8.16. The third-order valence-corrected chi connectivity index (χ3v) is 6.21. The van der Waals surface area contributed by atoms with E-state index in [4.69, 9.17) is 19.1 Å². The van der Waals surface area contributed by atoms with Crippen molar-refractivity contribution < 1.29 is 23.9 Å². The van der Waals surface area contributed by atoms with E-state index in [1.54, 1.807) is 26.0 Å². The lowest BCUT2D eigenvalue weighted by molar-refractivity contribution is -0.125. The van der Waals surface area contributed by atoms with Gasteiger partial charge in [0.1, 0.15) is 41.0 Å². The Kier molecular flexibility index (Phi) is 10.7. The van der Waals surface area contributed by atoms with Crippen LogP contribution in [-0.2, 0) is 9.63 Å². The summed E-state index contributed by atoms with van der Waals surface area (Å²) in [5.74, 6) is 0.895. The first-order valence-electron chi connectivity index (χ1n) is 11.0. The minimum atomic E-state index is -0.989. The van der Waals surface area contributed by atoms with Gasteiger partial charge in [-0.15, -0.1) is 11.8 Å². The zero-order valence-corrected chi connectivity index (χ0v) is 20.3. The molecular formula is C23H33N3O6S. The number of thioether (sulfide) groups is 1. The van der Waals surface area contributed by atoms with Gasteiger partial charge in [-0.25, -0.2) is 4.79 Å². The maximum Gasteiger partial charge on any atom is 0.339 e. The Morgan fingerprint density at radius 2 is 2.27 bits per heavy atom. The average molecular weight is 480 g/mol. The fourth-order valence-corrected chi connectivity index (χ4v) is 4.16. The van der Waals surface area contributed by atoms with Crippen LogP contribution >= 0.6 is 11.8 Å². The number of hydrogen-bond acceptors (Lipinski definition) is 9. The summed E-state index contributed by atoms with van der Waals surface area (Å²) in [6.07, 6.45) is 4.30. The maximum atomic E-state index is 13.2. The summed E-state index contributed by atoms with van der Waals surface area (Å²) < 4.78 is 10.8. The van der Waals surface area contributed by atoms with E-state index >= 15 is 0 Å². The van der Waals surface area contributed by atoms with E-state index in [-0.39, 0.29) is 19.1 Å². The molecule has 1 aliphatic rings. The normalized spacial score (nSPS) is 19.0. The molecule has 1 aromatic rings. The van der Waals surface area contributed by atoms with E-state index in [0.29, 0.717) is 53.9 Å². The Morgan fingerprint density at radius 3 is 2.97 bits per heavy atom. The topological polar surface area (TPSA) is 123 Å². The van der Waals surface area contributed by atoms with Crippen LogP contribution < -0.4 is 15.7 Å². The first-order chi connectivity index (χ1) is 15.8. The number of amides is 1. The fraction of sp³-hybridized carbons (Fsp3) is 0.565. The molecule has 0 fully saturated rings. The highest BCUT2D eigenvalue weighted by Gasteiger charge is 2.40. The van der Waals surface area contributed by atoms with Gasteiger partial charge in [-0.3, -0.25) is 9.79 Å². The second-order valence-electron chi connectivity index (χ2n) is 7.85. The number of hydrogen-bond donors (Lipinski definition) is 2. The molecule has 2 heterocycles. The molecule has 0 radical (unpaired) electrons. The molecule has 9 nitrogen and oxygen atoms in total. The van der Waals surface area contributed by atoms with Crippen molar-refractivity contribution in [2.24, 2.45) is 10.1 Å². The number of nitrogens with one attached hydrogen (secondary N) is 1. The molecule has 0 aromatic carbocycles. The predicted molar refractivity (Wildman–Crippen MR) is 130 cm³/mol. The summed E-state index contributed by atoms with van der Waals surface area (Å²) in [4.78, 5) is 35.1. The quantitative estimate of drug-likeness (QED) is 0.182. The Bertz CT molecular complexity index is 929. The van der Waals surface area contributed by atoms with Gasteiger partial charge in [0.25, 0.3) is 0 Å². The summed E-state index contributed by atoms with van der Waals surface area (Å²) in [6.45, 7) is 9.92. The number of oxime groups is 1. The summed E-state index contributed by atoms with van der Waals surface area (Å²) in [5, 5.41) is 16.5. The number of nitrogens with zero attached hydrogens (tertiary/aromatic N) is 2. The summed E-state index contributed by atoms with van der Waals surface area (Å²) in [6, 6.07) is 2.39. The number of aliphatic imine (C=N–C) groups is 1. The van der Waals surface area contributed by atoms with Crippen molar-refractivity contribution in [2.45, 2.75) is 58.0 Å². The maximum absolute atomic E-state index is 13.2. The van der Waals surface area contributed by atoms with E-state index in [1.807, 2.05) is 6.92 Å². The monoisotopic (exact) mass is 479 g/mol. The van der Waals surface area contributed by atoms with Crippen LogP contribution in [0.1, 0.15) is 58.3 Å². The first-order valence-corrected chi connectivity index (χ1v) is 12.0. The van der Waals surface area contributed by atoms with Gasteiger partial charge in [0.2, 0.25) is 5.91 Å². The molecule has 0 saturated carbocycles. The molecule has 1 aromatic heterocycles. The number of unbranched alkanes of at least 4 members (excludes halogenated alkanes) is 1. The van der Waals surface area contributed by atoms with Crippen molar-refractivity contribution in [3.05, 3.63) is 41.0 Å². The lowest BCUT2D eigenvalue weighted by atomic mass is 10.0. The van der Waals surface area contributed by atoms with Gasteiger partial charge in [-0.1, -0.05) is 31.2 Å². The zero-order valence-electron chi connectivity index (χ0n) is 19.5. The second-order valence-corrected chi connectivity index (χ2v) is 8.81. The molecule has 1 aliphatic heterocycles. The highest BCUT2D eigenvalue weighted by atomic mass is 32.2. The van der Waals surface area contributed by atoms with Gasteiger partial charge >= 0.3 is 5.63 Å². The van der Waals surface area contributed by atoms with E-state index in [1.165, 1.54) is 17.8 Å². The van der Waals surface area contributed by atoms with E-state index in [2.05, 4.69) is 22.0 Å². The molecule has 0 spiro atoms. The Hall–Kier alpha value is -2.59. The van der Waals surface area contributed by atoms with Crippen LogP contribution in [0.15, 0.2) is 44.1 Å². The summed E-state index contributed by atoms with van der Waals surface area (Å²) >= 11 is 1.44. The second kappa shape index (κ2) is 13.2. The average Bonchev–Trinajstić information content (AvgIpc) is 3.20. The van der Waals surface area contributed by atoms with Crippen molar-refractivity contribution >= 4 is 28.4 Å². The van der Waals surface area contributed by atoms with Crippen molar-refractivity contribution in [3.63, 3.8) is 0 Å². The molecule has 0 aliphatic carbocycles. The Morgan fingerprint density at radius 1 is 1.48 bits per heavy atom. The van der Waals surface area contributed by atoms with Gasteiger partial charge in [0.05, 0.1) is 12.1 Å². The molecule has 0 bridgehead atoms. The van der Waals surface area contributed by atoms with E-state index in [9.17, 15) is 9.59 Å². The molecular weight excluding hydrogens is 446 g/mol. The third-order valence-electron chi connectivity index (χ3n) is 4.84. The zero-order chi connectivity index (χ0) is 24.3. The highest BCUT2D eigenvalue weighted by Crippen LogP contribution is 2.30. The molecule has 182 valence electrons. The van der Waals surface area contributed by atoms with Crippen molar-refractivity contribution in [2.75, 3.05) is 25.6 Å². The summed E-state index contributed by atoms with van der Waals surface area (Å²) in [5.41, 5.74) is -0.934. The number of rotatable bonds is 14. The molecule has 10 heteroatoms. The lowest BCUT2D eigenvalue weighted by Crippen LogP contribution is -2.45. The Labute approximate surface area is 198 Å². The smallest absolute Gasteiger partial charge is 0.339 e. The van der Waals surface area contributed by atoms with Gasteiger partial charge in [-0.2, -0.15) is 0 Å². The standard InChI is InChI=1S/C23H33N3O6S/c1-5-9-18(19-13-17(30-11-6-2)14-20(28)32-19)24-22(29)23(4)15-33-21(25-23)16(3)26-31-12-8-7-10-27/h6,13-14,18,27H,2,5,7-12,15H2,1,3-4H3,(H,24,29)/b26-16+/t18-,23+/m1/s1. The molecule has 33 heavy (non-hydrogen) atoms. The van der Waals surface area contributed by atoms with Gasteiger partial charge in [0.15, 0.2) is 0 Å². The van der Waals surface area contributed by atoms with E-state index in [0.717, 1.165) is 6.42 Å². The van der Waals surface area contributed by atoms with Crippen molar-refractivity contribution in [1.29, 1.82) is 0 Å². The molecule has 0 saturated heterocycles. The first kappa shape index (κ1) is 26.7. The van der Waals surface area contributed by atoms with Gasteiger partial charge in [0, 0.05) is 18.4 Å². The van der Waals surface area contributed by atoms with Crippen LogP contribution in [0.25, 0.3) is 0 Å². The number of carbonyl (C=O) groups excluding carboxylic acids is 1. The van der Waals surface area contributed by atoms with Crippen molar-refractivity contribution in [1.82, 2.24) is 5.32 Å². The van der Waals surface area contributed by atoms with Crippen LogP contribution in [-0.4, -0.2) is 52.9 Å². The van der Waals surface area contributed by atoms with E-state index < -0.39 is 17.2 Å². The summed E-state index contributed by atoms with van der Waals surface area (Å²) in [7, 11) is 0. The number of aliphatic hydroxyl groups excluding tert-OH is 1. The number of aliphatic hydroxyl groups is 1. The predicted octanol–water partition coefficient (Wildman–Crippen LogP) is 3.23. The third kappa shape index (κ3) is 8.04. The van der Waals surface area contributed by atoms with Gasteiger partial charge in [-0.05, 0) is 33.1 Å². The van der Waals surface area contributed by atoms with Crippen LogP contribution in [0.2, 0.25) is 0 Å². The minimum Gasteiger partial charge on any atom is -0.489 e. The molecule has 2 atom stereocenters. The number of carbonyl (C=O) groups is 1. The van der Waals surface area contributed by atoms with Gasteiger partial charge < -0.3 is 24.4 Å². The number of ether oxygens (including phenoxy) is 1. The van der Waals surface area contributed by atoms with Crippen LogP contribution in [0.3, 0.4) is 0 Å². The van der Waals surface area contributed by atoms with Crippen LogP contribution in [0, 0.1) is 0 Å². The van der Waals surface area contributed by atoms with Crippen LogP contribution in [0.5, 0.6) is 5.75 Å². The SMILES string of the molecule is C=CCOc1cc([C@@H](CCC)NC(=O)[C@]2(C)CSC(/C(C)=N/OCCCCO)=N2)oc(=O)c1. The molecule has 2 rings (SSSR count). The lowest BCUT2D eigenvalue weighted by Gasteiger charge is -2.24. The largest absolute Gasteiger partial charge is 0.489 e. The Balaban J connectivity index is 2.12. The molecule has 2 N–H and O–H groups in total. The minimum absolute atomic E-state index is 0.122. The van der Waals surface area contributed by atoms with Crippen LogP contribution in [0.4, 0.5) is 0 Å². The molecule has 0 unspecified atom stereocenters. The fourth-order valence-electron chi connectivity index (χ4n) is 3.03. The molecule has 1 amide bonds.